The third-order valence-corrected chi connectivity index (χ3v) is 4.39. The molecule has 0 atom stereocenters. The average Bonchev–Trinajstić information content (AvgIpc) is 2.61. The first-order chi connectivity index (χ1) is 11.3. The Balaban J connectivity index is 1.63. The molecule has 1 saturated heterocycles. The molecule has 0 bridgehead atoms. The summed E-state index contributed by atoms with van der Waals surface area (Å²) in [6.45, 7) is 10.3. The highest BCUT2D eigenvalue weighted by atomic mass is 15.3. The van der Waals surface area contributed by atoms with Crippen molar-refractivity contribution >= 4 is 11.8 Å². The Bertz CT molecular complexity index is 636. The zero-order valence-electron chi connectivity index (χ0n) is 13.9. The molecule has 1 aromatic heterocycles. The van der Waals surface area contributed by atoms with Crippen LogP contribution in [-0.2, 0) is 6.54 Å². The number of piperazine rings is 1. The summed E-state index contributed by atoms with van der Waals surface area (Å²) in [6.07, 6.45) is 1.75. The molecule has 0 spiro atoms. The second-order valence-electron chi connectivity index (χ2n) is 5.84. The third-order valence-electron chi connectivity index (χ3n) is 4.39. The molecule has 0 unspecified atom stereocenters. The number of anilines is 2. The van der Waals surface area contributed by atoms with Gasteiger partial charge in [-0.1, -0.05) is 31.2 Å². The van der Waals surface area contributed by atoms with Crippen molar-refractivity contribution in [3.8, 4) is 0 Å². The van der Waals surface area contributed by atoms with Crippen molar-refractivity contribution < 1.29 is 0 Å². The highest BCUT2D eigenvalue weighted by molar-refractivity contribution is 5.41. The van der Waals surface area contributed by atoms with Crippen LogP contribution in [0.3, 0.4) is 0 Å². The molecule has 0 aliphatic carbocycles. The number of hydrogen-bond donors (Lipinski definition) is 1. The fourth-order valence-corrected chi connectivity index (χ4v) is 2.80. The fourth-order valence-electron chi connectivity index (χ4n) is 2.80. The highest BCUT2D eigenvalue weighted by Crippen LogP contribution is 2.14. The largest absolute Gasteiger partial charge is 0.353 e. The van der Waals surface area contributed by atoms with Crippen molar-refractivity contribution in [1.82, 2.24) is 20.1 Å². The van der Waals surface area contributed by atoms with Crippen molar-refractivity contribution in [1.29, 1.82) is 0 Å². The van der Waals surface area contributed by atoms with Gasteiger partial charge < -0.3 is 15.1 Å². The Hall–Kier alpha value is -2.21. The minimum Gasteiger partial charge on any atom is -0.353 e. The van der Waals surface area contributed by atoms with E-state index in [4.69, 9.17) is 0 Å². The number of likely N-dealkylation sites (N-methyl/N-ethyl adjacent to an activating group) is 1. The maximum Gasteiger partial charge on any atom is 0.244 e. The number of nitrogens with zero attached hydrogens (tertiary/aromatic N) is 5. The molecule has 1 aliphatic rings. The van der Waals surface area contributed by atoms with E-state index >= 15 is 0 Å². The molecule has 3 rings (SSSR count). The SMILES string of the molecule is CCN1CCN(c2cnnc(NCc3ccccc3C)n2)CC1. The first kappa shape index (κ1) is 15.7. The first-order valence-electron chi connectivity index (χ1n) is 8.21. The molecule has 1 aromatic carbocycles. The van der Waals surface area contributed by atoms with Gasteiger partial charge in [0.25, 0.3) is 0 Å². The van der Waals surface area contributed by atoms with Gasteiger partial charge >= 0.3 is 0 Å². The molecule has 0 amide bonds. The van der Waals surface area contributed by atoms with Crippen LogP contribution in [0.5, 0.6) is 0 Å². The van der Waals surface area contributed by atoms with Gasteiger partial charge in [0.2, 0.25) is 5.95 Å². The Labute approximate surface area is 137 Å². The van der Waals surface area contributed by atoms with Gasteiger partial charge in [-0.2, -0.15) is 10.1 Å². The summed E-state index contributed by atoms with van der Waals surface area (Å²) in [4.78, 5) is 9.34. The summed E-state index contributed by atoms with van der Waals surface area (Å²) in [5.74, 6) is 1.49. The Morgan fingerprint density at radius 3 is 2.65 bits per heavy atom. The molecule has 122 valence electrons. The summed E-state index contributed by atoms with van der Waals surface area (Å²) in [5, 5.41) is 11.5. The summed E-state index contributed by atoms with van der Waals surface area (Å²) < 4.78 is 0. The zero-order valence-corrected chi connectivity index (χ0v) is 13.9. The van der Waals surface area contributed by atoms with Crippen molar-refractivity contribution in [2.75, 3.05) is 42.9 Å². The van der Waals surface area contributed by atoms with Gasteiger partial charge in [-0.3, -0.25) is 0 Å². The normalized spacial score (nSPS) is 15.7. The van der Waals surface area contributed by atoms with E-state index in [1.807, 2.05) is 12.1 Å². The molecular formula is C17H24N6. The summed E-state index contributed by atoms with van der Waals surface area (Å²) >= 11 is 0. The second kappa shape index (κ2) is 7.37. The third kappa shape index (κ3) is 3.96. The van der Waals surface area contributed by atoms with E-state index in [-0.39, 0.29) is 0 Å². The highest BCUT2D eigenvalue weighted by Gasteiger charge is 2.17. The van der Waals surface area contributed by atoms with E-state index in [0.29, 0.717) is 12.5 Å². The number of aromatic nitrogens is 3. The Kier molecular flexibility index (Phi) is 5.02. The lowest BCUT2D eigenvalue weighted by atomic mass is 10.1. The lowest BCUT2D eigenvalue weighted by Gasteiger charge is -2.34. The van der Waals surface area contributed by atoms with Crippen LogP contribution in [0.25, 0.3) is 0 Å². The van der Waals surface area contributed by atoms with Gasteiger partial charge in [-0.05, 0) is 24.6 Å². The molecule has 6 heteroatoms. The molecule has 6 nitrogen and oxygen atoms in total. The van der Waals surface area contributed by atoms with Crippen LogP contribution in [0.2, 0.25) is 0 Å². The van der Waals surface area contributed by atoms with Crippen molar-refractivity contribution in [3.05, 3.63) is 41.6 Å². The van der Waals surface area contributed by atoms with Gasteiger partial charge in [0.15, 0.2) is 5.82 Å². The average molecular weight is 312 g/mol. The van der Waals surface area contributed by atoms with Crippen LogP contribution in [0.15, 0.2) is 30.5 Å². The summed E-state index contributed by atoms with van der Waals surface area (Å²) in [6, 6.07) is 8.32. The number of rotatable bonds is 5. The molecule has 0 saturated carbocycles. The van der Waals surface area contributed by atoms with Crippen molar-refractivity contribution in [2.24, 2.45) is 0 Å². The molecule has 1 fully saturated rings. The second-order valence-corrected chi connectivity index (χ2v) is 5.84. The standard InChI is InChI=1S/C17H24N6/c1-3-22-8-10-23(11-9-22)16-13-19-21-17(20-16)18-12-15-7-5-4-6-14(15)2/h4-7,13H,3,8-12H2,1-2H3,(H,18,20,21). The van der Waals surface area contributed by atoms with Crippen LogP contribution in [-0.4, -0.2) is 52.8 Å². The molecule has 23 heavy (non-hydrogen) atoms. The summed E-state index contributed by atoms with van der Waals surface area (Å²) in [5.41, 5.74) is 2.51. The van der Waals surface area contributed by atoms with E-state index in [0.717, 1.165) is 38.5 Å². The number of nitrogens with one attached hydrogen (secondary N) is 1. The minimum atomic E-state index is 0.587. The topological polar surface area (TPSA) is 57.2 Å². The van der Waals surface area contributed by atoms with Crippen LogP contribution < -0.4 is 10.2 Å². The van der Waals surface area contributed by atoms with Gasteiger partial charge in [0.05, 0.1) is 6.20 Å². The predicted octanol–water partition coefficient (Wildman–Crippen LogP) is 1.93. The lowest BCUT2D eigenvalue weighted by Crippen LogP contribution is -2.46. The lowest BCUT2D eigenvalue weighted by molar-refractivity contribution is 0.270. The van der Waals surface area contributed by atoms with Gasteiger partial charge in [-0.15, -0.1) is 5.10 Å². The molecule has 1 N–H and O–H groups in total. The summed E-state index contributed by atoms with van der Waals surface area (Å²) in [7, 11) is 0. The molecular weight excluding hydrogens is 288 g/mol. The molecule has 0 radical (unpaired) electrons. The maximum atomic E-state index is 4.61. The van der Waals surface area contributed by atoms with Gasteiger partial charge in [0.1, 0.15) is 0 Å². The first-order valence-corrected chi connectivity index (χ1v) is 8.21. The fraction of sp³-hybridized carbons (Fsp3) is 0.471. The number of benzene rings is 1. The molecule has 2 heterocycles. The minimum absolute atomic E-state index is 0.587. The predicted molar refractivity (Wildman–Crippen MR) is 92.7 cm³/mol. The zero-order chi connectivity index (χ0) is 16.1. The van der Waals surface area contributed by atoms with Gasteiger partial charge in [-0.25, -0.2) is 0 Å². The Morgan fingerprint density at radius 2 is 1.91 bits per heavy atom. The number of aryl methyl sites for hydroxylation is 1. The van der Waals surface area contributed by atoms with E-state index in [9.17, 15) is 0 Å². The monoisotopic (exact) mass is 312 g/mol. The van der Waals surface area contributed by atoms with E-state index in [1.165, 1.54) is 11.1 Å². The van der Waals surface area contributed by atoms with E-state index in [1.54, 1.807) is 6.20 Å². The number of hydrogen-bond acceptors (Lipinski definition) is 6. The van der Waals surface area contributed by atoms with Gasteiger partial charge in [0, 0.05) is 32.7 Å². The molecule has 1 aliphatic heterocycles. The van der Waals surface area contributed by atoms with Crippen molar-refractivity contribution in [2.45, 2.75) is 20.4 Å². The maximum absolute atomic E-state index is 4.61. The van der Waals surface area contributed by atoms with Crippen LogP contribution in [0.4, 0.5) is 11.8 Å². The van der Waals surface area contributed by atoms with Crippen LogP contribution >= 0.6 is 0 Å². The van der Waals surface area contributed by atoms with Crippen LogP contribution in [0.1, 0.15) is 18.1 Å². The smallest absolute Gasteiger partial charge is 0.244 e. The quantitative estimate of drug-likeness (QED) is 0.910. The van der Waals surface area contributed by atoms with E-state index in [2.05, 4.69) is 56.3 Å². The van der Waals surface area contributed by atoms with Crippen LogP contribution in [0, 0.1) is 6.92 Å². The Morgan fingerprint density at radius 1 is 1.13 bits per heavy atom. The van der Waals surface area contributed by atoms with E-state index < -0.39 is 0 Å². The molecule has 2 aromatic rings. The van der Waals surface area contributed by atoms with Crippen molar-refractivity contribution in [3.63, 3.8) is 0 Å².